The van der Waals surface area contributed by atoms with Crippen LogP contribution in [-0.4, -0.2) is 30.8 Å². The second-order valence-corrected chi connectivity index (χ2v) is 4.57. The third-order valence-electron chi connectivity index (χ3n) is 3.25. The summed E-state index contributed by atoms with van der Waals surface area (Å²) >= 11 is 0. The molecule has 1 aromatic heterocycles. The van der Waals surface area contributed by atoms with E-state index in [0.717, 1.165) is 10.9 Å². The highest BCUT2D eigenvalue weighted by Crippen LogP contribution is 2.26. The molecule has 0 amide bonds. The molecule has 0 aliphatic carbocycles. The zero-order chi connectivity index (χ0) is 15.9. The van der Waals surface area contributed by atoms with Gasteiger partial charge in [0.15, 0.2) is 0 Å². The lowest BCUT2D eigenvalue weighted by atomic mass is 10.1. The van der Waals surface area contributed by atoms with E-state index in [-0.39, 0.29) is 33.7 Å². The van der Waals surface area contributed by atoms with Crippen LogP contribution in [0.1, 0.15) is 10.4 Å². The highest BCUT2D eigenvalue weighted by atomic mass is 16.4. The summed E-state index contributed by atoms with van der Waals surface area (Å²) < 4.78 is 0.945. The number of aromatic hydroxyl groups is 2. The smallest absolute Gasteiger partial charge is 0.337 e. The van der Waals surface area contributed by atoms with E-state index >= 15 is 0 Å². The van der Waals surface area contributed by atoms with Crippen LogP contribution in [0, 0.1) is 0 Å². The van der Waals surface area contributed by atoms with Gasteiger partial charge in [0.2, 0.25) is 0 Å². The van der Waals surface area contributed by atoms with Crippen molar-refractivity contribution in [2.75, 3.05) is 0 Å². The summed E-state index contributed by atoms with van der Waals surface area (Å²) in [5.41, 5.74) is -0.887. The third-order valence-corrected chi connectivity index (χ3v) is 3.25. The van der Waals surface area contributed by atoms with Crippen molar-refractivity contribution in [1.82, 2.24) is 9.55 Å². The van der Waals surface area contributed by atoms with Crippen LogP contribution < -0.4 is 5.56 Å². The zero-order valence-corrected chi connectivity index (χ0v) is 11.1. The van der Waals surface area contributed by atoms with Crippen molar-refractivity contribution in [1.29, 1.82) is 0 Å². The molecule has 0 saturated carbocycles. The van der Waals surface area contributed by atoms with Crippen LogP contribution in [0.2, 0.25) is 0 Å². The lowest BCUT2D eigenvalue weighted by Gasteiger charge is -2.11. The molecule has 0 fully saturated rings. The number of fused-ring (bicyclic) bond motifs is 1. The van der Waals surface area contributed by atoms with Crippen LogP contribution in [0.25, 0.3) is 16.6 Å². The quantitative estimate of drug-likeness (QED) is 0.660. The fourth-order valence-corrected chi connectivity index (χ4v) is 2.25. The van der Waals surface area contributed by atoms with E-state index in [1.807, 2.05) is 0 Å². The van der Waals surface area contributed by atoms with E-state index in [0.29, 0.717) is 0 Å². The van der Waals surface area contributed by atoms with Crippen molar-refractivity contribution in [3.8, 4) is 17.2 Å². The van der Waals surface area contributed by atoms with Gasteiger partial charge in [-0.05, 0) is 24.3 Å². The molecule has 110 valence electrons. The molecule has 0 unspecified atom stereocenters. The Morgan fingerprint density at radius 1 is 1.05 bits per heavy atom. The maximum absolute atomic E-state index is 12.5. The molecular weight excluding hydrogens is 288 g/mol. The Balaban J connectivity index is 2.40. The molecule has 3 rings (SSSR count). The molecule has 3 N–H and O–H groups in total. The second-order valence-electron chi connectivity index (χ2n) is 4.57. The number of carboxylic acid groups (broad SMARTS) is 1. The molecule has 3 aromatic rings. The number of benzene rings is 2. The fourth-order valence-electron chi connectivity index (χ4n) is 2.25. The van der Waals surface area contributed by atoms with Gasteiger partial charge in [-0.15, -0.1) is 0 Å². The summed E-state index contributed by atoms with van der Waals surface area (Å²) in [4.78, 5) is 27.8. The molecule has 0 spiro atoms. The average Bonchev–Trinajstić information content (AvgIpc) is 2.49. The third kappa shape index (κ3) is 1.96. The van der Waals surface area contributed by atoms with E-state index in [4.69, 9.17) is 0 Å². The van der Waals surface area contributed by atoms with Crippen molar-refractivity contribution in [3.63, 3.8) is 0 Å². The summed E-state index contributed by atoms with van der Waals surface area (Å²) in [5, 5.41) is 29.0. The van der Waals surface area contributed by atoms with Crippen molar-refractivity contribution in [2.24, 2.45) is 0 Å². The number of nitrogens with zero attached hydrogens (tertiary/aromatic N) is 2. The highest BCUT2D eigenvalue weighted by molar-refractivity contribution is 5.93. The van der Waals surface area contributed by atoms with Crippen LogP contribution in [0.4, 0.5) is 0 Å². The minimum atomic E-state index is -1.28. The van der Waals surface area contributed by atoms with Crippen LogP contribution in [0.15, 0.2) is 47.5 Å². The molecule has 0 saturated heterocycles. The van der Waals surface area contributed by atoms with E-state index in [9.17, 15) is 24.9 Å². The van der Waals surface area contributed by atoms with Crippen molar-refractivity contribution in [2.45, 2.75) is 0 Å². The van der Waals surface area contributed by atoms with Gasteiger partial charge in [0.1, 0.15) is 29.0 Å². The predicted octanol–water partition coefficient (Wildman–Crippen LogP) is 1.50. The van der Waals surface area contributed by atoms with Gasteiger partial charge in [0, 0.05) is 0 Å². The molecule has 0 bridgehead atoms. The number of carboxylic acids is 1. The number of hydrogen-bond donors (Lipinski definition) is 3. The average molecular weight is 298 g/mol. The standard InChI is InChI=1S/C15H10N2O5/c18-10-5-1-3-8-12(10)16-7-17(14(8)20)13-9(15(21)22)4-2-6-11(13)19/h1-7,18-19H,(H,21,22). The molecule has 0 aliphatic heterocycles. The van der Waals surface area contributed by atoms with Crippen LogP contribution in [-0.2, 0) is 0 Å². The largest absolute Gasteiger partial charge is 0.506 e. The molecule has 0 radical (unpaired) electrons. The molecule has 7 heteroatoms. The van der Waals surface area contributed by atoms with Gasteiger partial charge in [-0.25, -0.2) is 9.78 Å². The molecule has 7 nitrogen and oxygen atoms in total. The monoisotopic (exact) mass is 298 g/mol. The number of aromatic carboxylic acids is 1. The first-order chi connectivity index (χ1) is 10.5. The van der Waals surface area contributed by atoms with E-state index < -0.39 is 11.5 Å². The predicted molar refractivity (Wildman–Crippen MR) is 77.6 cm³/mol. The molecular formula is C15H10N2O5. The van der Waals surface area contributed by atoms with Gasteiger partial charge >= 0.3 is 5.97 Å². The SMILES string of the molecule is O=C(O)c1cccc(O)c1-n1cnc2c(O)cccc2c1=O. The Morgan fingerprint density at radius 2 is 1.73 bits per heavy atom. The summed E-state index contributed by atoms with van der Waals surface area (Å²) in [5.74, 6) is -1.80. The number of carbonyl (C=O) groups is 1. The first kappa shape index (κ1) is 13.6. The Hall–Kier alpha value is -3.35. The van der Waals surface area contributed by atoms with E-state index in [1.165, 1.54) is 36.4 Å². The maximum atomic E-state index is 12.5. The lowest BCUT2D eigenvalue weighted by Crippen LogP contribution is -2.21. The van der Waals surface area contributed by atoms with E-state index in [2.05, 4.69) is 4.98 Å². The summed E-state index contributed by atoms with van der Waals surface area (Å²) in [6, 6.07) is 8.25. The minimum absolute atomic E-state index is 0.107. The lowest BCUT2D eigenvalue weighted by molar-refractivity contribution is 0.0696. The van der Waals surface area contributed by atoms with Gasteiger partial charge in [0.05, 0.1) is 10.9 Å². The van der Waals surface area contributed by atoms with Gasteiger partial charge in [-0.2, -0.15) is 0 Å². The van der Waals surface area contributed by atoms with Crippen molar-refractivity contribution >= 4 is 16.9 Å². The summed E-state index contributed by atoms with van der Waals surface area (Å²) in [6.07, 6.45) is 1.08. The highest BCUT2D eigenvalue weighted by Gasteiger charge is 2.18. The topological polar surface area (TPSA) is 113 Å². The Labute approximate surface area is 123 Å². The number of phenols is 2. The van der Waals surface area contributed by atoms with Gasteiger partial charge in [-0.3, -0.25) is 9.36 Å². The molecule has 0 aliphatic rings. The fraction of sp³-hybridized carbons (Fsp3) is 0. The summed E-state index contributed by atoms with van der Waals surface area (Å²) in [7, 11) is 0. The molecule has 1 heterocycles. The Bertz CT molecular complexity index is 962. The number of para-hydroxylation sites is 2. The number of aromatic nitrogens is 2. The van der Waals surface area contributed by atoms with Crippen LogP contribution in [0.3, 0.4) is 0 Å². The van der Waals surface area contributed by atoms with Crippen molar-refractivity contribution in [3.05, 3.63) is 58.6 Å². The molecule has 22 heavy (non-hydrogen) atoms. The minimum Gasteiger partial charge on any atom is -0.506 e. The number of hydrogen-bond acceptors (Lipinski definition) is 5. The van der Waals surface area contributed by atoms with Crippen LogP contribution >= 0.6 is 0 Å². The molecule has 0 atom stereocenters. The van der Waals surface area contributed by atoms with E-state index in [1.54, 1.807) is 0 Å². The Morgan fingerprint density at radius 3 is 2.45 bits per heavy atom. The first-order valence-electron chi connectivity index (χ1n) is 6.25. The Kier molecular flexibility index (Phi) is 3.03. The summed E-state index contributed by atoms with van der Waals surface area (Å²) in [6.45, 7) is 0. The normalized spacial score (nSPS) is 10.7. The molecule has 2 aromatic carbocycles. The maximum Gasteiger partial charge on any atom is 0.337 e. The number of phenolic OH excluding ortho intramolecular Hbond substituents is 2. The second kappa shape index (κ2) is 4.88. The van der Waals surface area contributed by atoms with Gasteiger partial charge < -0.3 is 15.3 Å². The first-order valence-corrected chi connectivity index (χ1v) is 6.25. The van der Waals surface area contributed by atoms with Crippen molar-refractivity contribution < 1.29 is 20.1 Å². The number of rotatable bonds is 2. The van der Waals surface area contributed by atoms with Gasteiger partial charge in [0.25, 0.3) is 5.56 Å². The van der Waals surface area contributed by atoms with Gasteiger partial charge in [-0.1, -0.05) is 12.1 Å². The van der Waals surface area contributed by atoms with Crippen LogP contribution in [0.5, 0.6) is 11.5 Å². The zero-order valence-electron chi connectivity index (χ0n) is 11.1.